The maximum Gasteiger partial charge on any atom is 0.226 e. The van der Waals surface area contributed by atoms with Crippen molar-refractivity contribution < 1.29 is 4.79 Å². The fourth-order valence-corrected chi connectivity index (χ4v) is 4.00. The molecule has 134 valence electrons. The van der Waals surface area contributed by atoms with Crippen molar-refractivity contribution in [3.63, 3.8) is 0 Å². The Labute approximate surface area is 160 Å². The molecule has 2 aromatic heterocycles. The maximum atomic E-state index is 12.8. The second-order valence-electron chi connectivity index (χ2n) is 6.66. The van der Waals surface area contributed by atoms with Crippen LogP contribution in [0.3, 0.4) is 0 Å². The van der Waals surface area contributed by atoms with Gasteiger partial charge in [-0.05, 0) is 31.0 Å². The van der Waals surface area contributed by atoms with Crippen LogP contribution in [0.5, 0.6) is 0 Å². The summed E-state index contributed by atoms with van der Waals surface area (Å²) in [5.74, 6) is 1.35. The van der Waals surface area contributed by atoms with Crippen LogP contribution >= 0.6 is 11.6 Å². The Morgan fingerprint density at radius 2 is 1.93 bits per heavy atom. The molecule has 1 aliphatic heterocycles. The third-order valence-electron chi connectivity index (χ3n) is 5.01. The number of hydrogen-bond donors (Lipinski definition) is 1. The number of fused-ring (bicyclic) bond motifs is 1. The van der Waals surface area contributed by atoms with Crippen molar-refractivity contribution in [3.8, 4) is 11.4 Å². The highest BCUT2D eigenvalue weighted by Crippen LogP contribution is 2.42. The van der Waals surface area contributed by atoms with E-state index in [1.807, 2.05) is 36.4 Å². The highest BCUT2D eigenvalue weighted by Gasteiger charge is 2.37. The topological polar surface area (TPSA) is 72.7 Å². The molecule has 0 radical (unpaired) electrons. The van der Waals surface area contributed by atoms with Crippen LogP contribution in [0.1, 0.15) is 30.9 Å². The van der Waals surface area contributed by atoms with E-state index >= 15 is 0 Å². The van der Waals surface area contributed by atoms with Crippen LogP contribution < -0.4 is 5.32 Å². The van der Waals surface area contributed by atoms with Gasteiger partial charge in [0.15, 0.2) is 11.6 Å². The van der Waals surface area contributed by atoms with Crippen LogP contribution in [-0.4, -0.2) is 25.5 Å². The summed E-state index contributed by atoms with van der Waals surface area (Å²) in [5.41, 5.74) is 3.40. The van der Waals surface area contributed by atoms with Gasteiger partial charge in [-0.25, -0.2) is 4.68 Å². The van der Waals surface area contributed by atoms with Crippen LogP contribution in [0.25, 0.3) is 11.4 Å². The molecule has 2 aliphatic rings. The smallest absolute Gasteiger partial charge is 0.226 e. The van der Waals surface area contributed by atoms with E-state index in [0.717, 1.165) is 35.2 Å². The number of ketones is 1. The summed E-state index contributed by atoms with van der Waals surface area (Å²) in [7, 11) is 0. The Balaban J connectivity index is 1.71. The first-order chi connectivity index (χ1) is 13.2. The molecule has 1 N–H and O–H groups in total. The van der Waals surface area contributed by atoms with Gasteiger partial charge in [0.25, 0.3) is 0 Å². The van der Waals surface area contributed by atoms with Crippen molar-refractivity contribution in [3.05, 3.63) is 70.6 Å². The summed E-state index contributed by atoms with van der Waals surface area (Å²) in [5, 5.41) is 8.66. The number of allylic oxidation sites excluding steroid dienone is 2. The lowest BCUT2D eigenvalue weighted by Gasteiger charge is -2.32. The van der Waals surface area contributed by atoms with Gasteiger partial charge in [0.05, 0.1) is 0 Å². The van der Waals surface area contributed by atoms with E-state index in [4.69, 9.17) is 16.7 Å². The summed E-state index contributed by atoms with van der Waals surface area (Å²) in [6, 6.07) is 11.0. The molecule has 5 rings (SSSR count). The predicted octanol–water partition coefficient (Wildman–Crippen LogP) is 4.02. The largest absolute Gasteiger partial charge is 0.328 e. The van der Waals surface area contributed by atoms with Gasteiger partial charge in [0, 0.05) is 46.2 Å². The zero-order valence-electron chi connectivity index (χ0n) is 14.4. The standard InChI is InChI=1S/C20H16ClN5O/c21-14-5-2-1-4-13(14)18-17-15(6-3-7-16(17)27)23-20-24-19(25-26(18)20)12-8-10-22-11-9-12/h1-2,4-5,8-11,18H,3,6-7H2,(H,23,24,25)/t18-/m1/s1. The number of anilines is 1. The Bertz CT molecular complexity index is 1070. The molecule has 0 saturated carbocycles. The van der Waals surface area contributed by atoms with E-state index in [0.29, 0.717) is 23.2 Å². The van der Waals surface area contributed by atoms with Crippen LogP contribution in [0, 0.1) is 0 Å². The van der Waals surface area contributed by atoms with Crippen LogP contribution in [0.15, 0.2) is 60.1 Å². The van der Waals surface area contributed by atoms with Crippen molar-refractivity contribution in [1.29, 1.82) is 0 Å². The van der Waals surface area contributed by atoms with Crippen LogP contribution in [0.2, 0.25) is 5.02 Å². The second-order valence-corrected chi connectivity index (χ2v) is 7.06. The highest BCUT2D eigenvalue weighted by molar-refractivity contribution is 6.31. The van der Waals surface area contributed by atoms with Crippen molar-refractivity contribution in [2.45, 2.75) is 25.3 Å². The molecule has 0 unspecified atom stereocenters. The zero-order valence-corrected chi connectivity index (χ0v) is 15.1. The van der Waals surface area contributed by atoms with E-state index in [1.54, 1.807) is 17.1 Å². The molecule has 0 amide bonds. The summed E-state index contributed by atoms with van der Waals surface area (Å²) in [6.45, 7) is 0. The molecule has 7 heteroatoms. The first-order valence-electron chi connectivity index (χ1n) is 8.87. The minimum Gasteiger partial charge on any atom is -0.328 e. The molecular formula is C20H16ClN5O. The van der Waals surface area contributed by atoms with E-state index in [2.05, 4.69) is 15.3 Å². The fraction of sp³-hybridized carbons (Fsp3) is 0.200. The number of carbonyl (C=O) groups excluding carboxylic acids is 1. The van der Waals surface area contributed by atoms with Crippen molar-refractivity contribution >= 4 is 23.3 Å². The van der Waals surface area contributed by atoms with Crippen molar-refractivity contribution in [1.82, 2.24) is 19.7 Å². The number of rotatable bonds is 2. The minimum absolute atomic E-state index is 0.139. The van der Waals surface area contributed by atoms with Gasteiger partial charge < -0.3 is 5.32 Å². The molecule has 0 fully saturated rings. The number of hydrogen-bond acceptors (Lipinski definition) is 5. The molecule has 0 saturated heterocycles. The van der Waals surface area contributed by atoms with Gasteiger partial charge in [0.1, 0.15) is 6.04 Å². The molecule has 3 heterocycles. The minimum atomic E-state index is -0.374. The first kappa shape index (κ1) is 16.2. The van der Waals surface area contributed by atoms with E-state index in [-0.39, 0.29) is 11.8 Å². The summed E-state index contributed by atoms with van der Waals surface area (Å²) in [4.78, 5) is 21.5. The molecule has 6 nitrogen and oxygen atoms in total. The Morgan fingerprint density at radius 3 is 2.74 bits per heavy atom. The van der Waals surface area contributed by atoms with Gasteiger partial charge in [-0.1, -0.05) is 29.8 Å². The molecule has 27 heavy (non-hydrogen) atoms. The Kier molecular flexibility index (Phi) is 3.79. The SMILES string of the molecule is O=C1CCCC2=C1[C@@H](c1ccccc1Cl)n1nc(-c3ccncc3)nc1N2. The van der Waals surface area contributed by atoms with Crippen molar-refractivity contribution in [2.75, 3.05) is 5.32 Å². The molecule has 1 aliphatic carbocycles. The van der Waals surface area contributed by atoms with E-state index < -0.39 is 0 Å². The quantitative estimate of drug-likeness (QED) is 0.730. The van der Waals surface area contributed by atoms with E-state index in [9.17, 15) is 4.79 Å². The highest BCUT2D eigenvalue weighted by atomic mass is 35.5. The van der Waals surface area contributed by atoms with Gasteiger partial charge in [-0.3, -0.25) is 9.78 Å². The monoisotopic (exact) mass is 377 g/mol. The predicted molar refractivity (Wildman–Crippen MR) is 102 cm³/mol. The summed E-state index contributed by atoms with van der Waals surface area (Å²) in [6.07, 6.45) is 5.62. The van der Waals surface area contributed by atoms with Crippen LogP contribution in [-0.2, 0) is 4.79 Å². The van der Waals surface area contributed by atoms with Gasteiger partial charge >= 0.3 is 0 Å². The van der Waals surface area contributed by atoms with Crippen molar-refractivity contribution in [2.24, 2.45) is 0 Å². The van der Waals surface area contributed by atoms with Gasteiger partial charge in [-0.2, -0.15) is 4.98 Å². The third kappa shape index (κ3) is 2.64. The summed E-state index contributed by atoms with van der Waals surface area (Å²) >= 11 is 6.50. The fourth-order valence-electron chi connectivity index (χ4n) is 3.76. The average Bonchev–Trinajstić information content (AvgIpc) is 3.12. The Morgan fingerprint density at radius 1 is 1.11 bits per heavy atom. The van der Waals surface area contributed by atoms with Gasteiger partial charge in [0.2, 0.25) is 5.95 Å². The molecule has 0 spiro atoms. The van der Waals surface area contributed by atoms with Crippen LogP contribution in [0.4, 0.5) is 5.95 Å². The molecular weight excluding hydrogens is 362 g/mol. The first-order valence-corrected chi connectivity index (χ1v) is 9.25. The number of benzene rings is 1. The number of Topliss-reactive ketones (excluding diaryl/α,β-unsaturated/α-hetero) is 1. The number of halogens is 1. The lowest BCUT2D eigenvalue weighted by Crippen LogP contribution is -2.31. The lowest BCUT2D eigenvalue weighted by molar-refractivity contribution is -0.116. The number of aromatic nitrogens is 4. The summed E-state index contributed by atoms with van der Waals surface area (Å²) < 4.78 is 1.78. The number of pyridine rings is 1. The lowest BCUT2D eigenvalue weighted by atomic mass is 9.85. The number of nitrogens with one attached hydrogen (secondary N) is 1. The maximum absolute atomic E-state index is 12.8. The zero-order chi connectivity index (χ0) is 18.4. The normalized spacial score (nSPS) is 18.7. The van der Waals surface area contributed by atoms with Gasteiger partial charge in [-0.15, -0.1) is 5.10 Å². The third-order valence-corrected chi connectivity index (χ3v) is 5.35. The number of carbonyl (C=O) groups is 1. The second kappa shape index (κ2) is 6.32. The Hall–Kier alpha value is -2.99. The number of nitrogens with zero attached hydrogens (tertiary/aromatic N) is 4. The van der Waals surface area contributed by atoms with E-state index in [1.165, 1.54) is 0 Å². The molecule has 0 bridgehead atoms. The molecule has 3 aromatic rings. The molecule has 1 aromatic carbocycles. The molecule has 1 atom stereocenters. The average molecular weight is 378 g/mol.